The lowest BCUT2D eigenvalue weighted by Crippen LogP contribution is -2.45. The number of carbonyl (C=O) groups is 1. The standard InChI is InChI=1S/C22H28N6O5S/c1-16-8-9-20(25-34(32,33)13-18-6-4-3-5-7-18)22(30)28(16)21-12-19(17(2)23-15-29)10-11-27(21)14-24-26-31/h3-9,14-15,19,21,25-26,31H,2,10-13H2,1H3,(H,23,29). The molecule has 1 saturated heterocycles. The van der Waals surface area contributed by atoms with Crippen LogP contribution in [0.3, 0.4) is 0 Å². The van der Waals surface area contributed by atoms with Crippen molar-refractivity contribution in [3.05, 3.63) is 76.4 Å². The lowest BCUT2D eigenvalue weighted by atomic mass is 9.91. The number of piperidine rings is 1. The highest BCUT2D eigenvalue weighted by Gasteiger charge is 2.32. The molecule has 3 rings (SSSR count). The molecule has 0 aliphatic carbocycles. The number of aromatic nitrogens is 1. The minimum Gasteiger partial charge on any atom is -0.340 e. The minimum atomic E-state index is -3.84. The molecule has 1 amide bonds. The van der Waals surface area contributed by atoms with Crippen LogP contribution in [0.1, 0.15) is 30.3 Å². The fourth-order valence-corrected chi connectivity index (χ4v) is 5.24. The Balaban J connectivity index is 1.95. The summed E-state index contributed by atoms with van der Waals surface area (Å²) >= 11 is 0. The van der Waals surface area contributed by atoms with Gasteiger partial charge in [0.15, 0.2) is 0 Å². The summed E-state index contributed by atoms with van der Waals surface area (Å²) in [6, 6.07) is 11.8. The fraction of sp³-hybridized carbons (Fsp3) is 0.318. The van der Waals surface area contributed by atoms with E-state index in [1.54, 1.807) is 53.8 Å². The van der Waals surface area contributed by atoms with E-state index in [0.717, 1.165) is 0 Å². The number of nitrogens with zero attached hydrogens (tertiary/aromatic N) is 3. The van der Waals surface area contributed by atoms with Crippen molar-refractivity contribution in [1.82, 2.24) is 20.4 Å². The Kier molecular flexibility index (Phi) is 8.08. The number of rotatable bonds is 10. The van der Waals surface area contributed by atoms with Gasteiger partial charge in [-0.05, 0) is 37.5 Å². The summed E-state index contributed by atoms with van der Waals surface area (Å²) < 4.78 is 29.4. The minimum absolute atomic E-state index is 0.0781. The van der Waals surface area contributed by atoms with E-state index in [4.69, 9.17) is 5.21 Å². The number of amides is 1. The van der Waals surface area contributed by atoms with E-state index in [1.165, 1.54) is 17.0 Å². The molecular formula is C22H28N6O5S. The molecular weight excluding hydrogens is 460 g/mol. The van der Waals surface area contributed by atoms with Crippen molar-refractivity contribution in [2.24, 2.45) is 11.0 Å². The second-order valence-corrected chi connectivity index (χ2v) is 9.70. The number of hydrazone groups is 1. The number of sulfonamides is 1. The van der Waals surface area contributed by atoms with Crippen LogP contribution in [0.4, 0.5) is 5.69 Å². The second-order valence-electron chi connectivity index (χ2n) is 7.98. The Morgan fingerprint density at radius 3 is 2.68 bits per heavy atom. The average Bonchev–Trinajstić information content (AvgIpc) is 2.80. The van der Waals surface area contributed by atoms with Gasteiger partial charge in [0.2, 0.25) is 16.4 Å². The summed E-state index contributed by atoms with van der Waals surface area (Å²) in [7, 11) is -3.84. The first-order valence-corrected chi connectivity index (χ1v) is 12.2. The second kappa shape index (κ2) is 11.0. The first-order chi connectivity index (χ1) is 16.3. The van der Waals surface area contributed by atoms with E-state index in [1.807, 2.05) is 0 Å². The van der Waals surface area contributed by atoms with Gasteiger partial charge >= 0.3 is 0 Å². The van der Waals surface area contributed by atoms with Gasteiger partial charge in [0.05, 0.1) is 5.75 Å². The van der Waals surface area contributed by atoms with Crippen LogP contribution in [-0.2, 0) is 20.6 Å². The highest BCUT2D eigenvalue weighted by Crippen LogP contribution is 2.32. The lowest BCUT2D eigenvalue weighted by Gasteiger charge is -2.40. The van der Waals surface area contributed by atoms with Crippen LogP contribution in [0, 0.1) is 12.8 Å². The van der Waals surface area contributed by atoms with E-state index >= 15 is 0 Å². The number of allylic oxidation sites excluding steroid dienone is 1. The Bertz CT molecular complexity index is 1210. The van der Waals surface area contributed by atoms with E-state index in [-0.39, 0.29) is 17.4 Å². The third-order valence-electron chi connectivity index (χ3n) is 5.70. The smallest absolute Gasteiger partial charge is 0.276 e. The highest BCUT2D eigenvalue weighted by atomic mass is 32.2. The predicted molar refractivity (Wildman–Crippen MR) is 128 cm³/mol. The van der Waals surface area contributed by atoms with Gasteiger partial charge in [-0.1, -0.05) is 36.9 Å². The number of likely N-dealkylation sites (tertiary alicyclic amines) is 1. The molecule has 34 heavy (non-hydrogen) atoms. The van der Waals surface area contributed by atoms with Gasteiger partial charge in [-0.3, -0.25) is 24.1 Å². The molecule has 1 fully saturated rings. The van der Waals surface area contributed by atoms with Crippen molar-refractivity contribution in [3.63, 3.8) is 0 Å². The number of hydrogen-bond acceptors (Lipinski definition) is 7. The molecule has 182 valence electrons. The van der Waals surface area contributed by atoms with Gasteiger partial charge < -0.3 is 10.2 Å². The number of benzene rings is 1. The molecule has 1 aromatic carbocycles. The molecule has 12 heteroatoms. The van der Waals surface area contributed by atoms with Crippen LogP contribution in [0.15, 0.2) is 64.6 Å². The molecule has 1 aliphatic rings. The van der Waals surface area contributed by atoms with Crippen LogP contribution < -0.4 is 21.2 Å². The summed E-state index contributed by atoms with van der Waals surface area (Å²) in [4.78, 5) is 26.1. The average molecular weight is 489 g/mol. The molecule has 0 bridgehead atoms. The van der Waals surface area contributed by atoms with Crippen molar-refractivity contribution in [3.8, 4) is 0 Å². The molecule has 4 N–H and O–H groups in total. The third kappa shape index (κ3) is 6.02. The van der Waals surface area contributed by atoms with Crippen molar-refractivity contribution in [2.75, 3.05) is 11.3 Å². The molecule has 1 aliphatic heterocycles. The molecule has 2 atom stereocenters. The summed E-state index contributed by atoms with van der Waals surface area (Å²) in [5.74, 6) is -0.392. The van der Waals surface area contributed by atoms with Gasteiger partial charge in [-0.2, -0.15) is 5.59 Å². The monoisotopic (exact) mass is 488 g/mol. The third-order valence-corrected chi connectivity index (χ3v) is 6.94. The number of aryl methyl sites for hydroxylation is 1. The van der Waals surface area contributed by atoms with E-state index in [9.17, 15) is 18.0 Å². The van der Waals surface area contributed by atoms with Crippen molar-refractivity contribution in [1.29, 1.82) is 0 Å². The zero-order valence-corrected chi connectivity index (χ0v) is 19.5. The number of anilines is 1. The SMILES string of the molecule is C=C(NC=O)C1CCN(C=NNO)C(n2c(C)ccc(NS(=O)(=O)Cc3ccccc3)c2=O)C1. The predicted octanol–water partition coefficient (Wildman–Crippen LogP) is 1.49. The van der Waals surface area contributed by atoms with Gasteiger partial charge in [0.25, 0.3) is 5.56 Å². The zero-order chi connectivity index (χ0) is 24.7. The first kappa shape index (κ1) is 25.0. The molecule has 0 spiro atoms. The van der Waals surface area contributed by atoms with Gasteiger partial charge in [0.1, 0.15) is 18.2 Å². The summed E-state index contributed by atoms with van der Waals surface area (Å²) in [6.45, 7) is 6.10. The van der Waals surface area contributed by atoms with Crippen LogP contribution in [-0.4, -0.2) is 42.4 Å². The number of pyridine rings is 1. The van der Waals surface area contributed by atoms with E-state index in [0.29, 0.717) is 42.8 Å². The molecule has 0 saturated carbocycles. The van der Waals surface area contributed by atoms with Crippen molar-refractivity contribution in [2.45, 2.75) is 31.7 Å². The van der Waals surface area contributed by atoms with Gasteiger partial charge in [-0.25, -0.2) is 8.42 Å². The summed E-state index contributed by atoms with van der Waals surface area (Å²) in [5, 5.41) is 15.1. The molecule has 1 aromatic heterocycles. The Labute approximate surface area is 197 Å². The molecule has 2 unspecified atom stereocenters. The van der Waals surface area contributed by atoms with Crippen LogP contribution in [0.25, 0.3) is 0 Å². The highest BCUT2D eigenvalue weighted by molar-refractivity contribution is 7.91. The first-order valence-electron chi connectivity index (χ1n) is 10.6. The van der Waals surface area contributed by atoms with Crippen molar-refractivity contribution >= 4 is 28.5 Å². The normalized spacial score (nSPS) is 18.5. The largest absolute Gasteiger partial charge is 0.340 e. The topological polar surface area (TPSA) is 145 Å². The van der Waals surface area contributed by atoms with Gasteiger partial charge in [-0.15, -0.1) is 5.10 Å². The Morgan fingerprint density at radius 2 is 2.00 bits per heavy atom. The van der Waals surface area contributed by atoms with E-state index < -0.39 is 21.7 Å². The number of nitrogens with one attached hydrogen (secondary N) is 3. The lowest BCUT2D eigenvalue weighted by molar-refractivity contribution is -0.109. The maximum Gasteiger partial charge on any atom is 0.276 e. The number of hydrogen-bond donors (Lipinski definition) is 4. The zero-order valence-electron chi connectivity index (χ0n) is 18.7. The molecule has 0 radical (unpaired) electrons. The Morgan fingerprint density at radius 1 is 1.26 bits per heavy atom. The van der Waals surface area contributed by atoms with Crippen LogP contribution in [0.2, 0.25) is 0 Å². The fourth-order valence-electron chi connectivity index (χ4n) is 4.05. The maximum absolute atomic E-state index is 13.4. The summed E-state index contributed by atoms with van der Waals surface area (Å²) in [5.41, 5.74) is 2.84. The Hall–Kier alpha value is -3.64. The summed E-state index contributed by atoms with van der Waals surface area (Å²) in [6.07, 6.45) is 2.39. The molecule has 2 aromatic rings. The van der Waals surface area contributed by atoms with Crippen LogP contribution >= 0.6 is 0 Å². The quantitative estimate of drug-likeness (QED) is 0.172. The van der Waals surface area contributed by atoms with Gasteiger partial charge in [0, 0.05) is 23.9 Å². The van der Waals surface area contributed by atoms with E-state index in [2.05, 4.69) is 21.7 Å². The number of carbonyl (C=O) groups excluding carboxylic acids is 1. The molecule has 2 heterocycles. The maximum atomic E-state index is 13.4. The van der Waals surface area contributed by atoms with Crippen LogP contribution in [0.5, 0.6) is 0 Å². The molecule has 11 nitrogen and oxygen atoms in total. The van der Waals surface area contributed by atoms with Crippen molar-refractivity contribution < 1.29 is 18.4 Å².